The largest absolute Gasteiger partial charge is 0.593 e. The van der Waals surface area contributed by atoms with Gasteiger partial charge in [0.25, 0.3) is 0 Å². The normalized spacial score (nSPS) is 14.0. The van der Waals surface area contributed by atoms with Gasteiger partial charge in [0, 0.05) is 0 Å². The summed E-state index contributed by atoms with van der Waals surface area (Å²) < 4.78 is 15.3. The molecular weight excluding hydrogens is 316 g/mol. The number of aryl methyl sites for hydroxylation is 1. The Balaban J connectivity index is 1.95. The lowest BCUT2D eigenvalue weighted by Crippen LogP contribution is -2.35. The smallest absolute Gasteiger partial charge is 0.173 e. The van der Waals surface area contributed by atoms with E-state index in [1.807, 2.05) is 49.4 Å². The molecular formula is C20H24N2OS. The lowest BCUT2D eigenvalue weighted by atomic mass is 9.80. The summed E-state index contributed by atoms with van der Waals surface area (Å²) >= 11 is -1.37. The van der Waals surface area contributed by atoms with Crippen LogP contribution >= 0.6 is 0 Å². The molecule has 2 atom stereocenters. The van der Waals surface area contributed by atoms with Crippen molar-refractivity contribution in [2.24, 2.45) is 0 Å². The third kappa shape index (κ3) is 5.10. The fourth-order valence-electron chi connectivity index (χ4n) is 2.55. The molecule has 3 nitrogen and oxygen atoms in total. The molecule has 24 heavy (non-hydrogen) atoms. The average Bonchev–Trinajstić information content (AvgIpc) is 2.59. The summed E-state index contributed by atoms with van der Waals surface area (Å²) in [5, 5.41) is 9.39. The fraction of sp³-hybridized carbons (Fsp3) is 0.350. The summed E-state index contributed by atoms with van der Waals surface area (Å²) in [5.41, 5.74) is 2.35. The Morgan fingerprint density at radius 1 is 1.12 bits per heavy atom. The first-order chi connectivity index (χ1) is 11.4. The summed E-state index contributed by atoms with van der Waals surface area (Å²) in [6.07, 6.45) is 1.49. The van der Waals surface area contributed by atoms with E-state index in [1.165, 1.54) is 5.56 Å². The molecule has 0 fully saturated rings. The van der Waals surface area contributed by atoms with Gasteiger partial charge in [-0.3, -0.25) is 0 Å². The molecule has 2 aromatic rings. The van der Waals surface area contributed by atoms with Crippen molar-refractivity contribution in [3.63, 3.8) is 0 Å². The molecule has 4 heteroatoms. The predicted molar refractivity (Wildman–Crippen MR) is 98.8 cm³/mol. The zero-order valence-corrected chi connectivity index (χ0v) is 15.3. The summed E-state index contributed by atoms with van der Waals surface area (Å²) in [6, 6.07) is 19.6. The third-order valence-corrected chi connectivity index (χ3v) is 5.45. The highest BCUT2D eigenvalue weighted by Crippen LogP contribution is 2.28. The number of hydrogen-bond acceptors (Lipinski definition) is 3. The van der Waals surface area contributed by atoms with Crippen LogP contribution in [0.3, 0.4) is 0 Å². The van der Waals surface area contributed by atoms with Gasteiger partial charge in [0.05, 0.1) is 17.4 Å². The fourth-order valence-corrected chi connectivity index (χ4v) is 3.50. The van der Waals surface area contributed by atoms with Crippen LogP contribution in [0.5, 0.6) is 0 Å². The molecule has 0 aromatic heterocycles. The molecule has 2 aromatic carbocycles. The van der Waals surface area contributed by atoms with Crippen LogP contribution in [0.15, 0.2) is 59.5 Å². The van der Waals surface area contributed by atoms with Crippen LogP contribution in [0.1, 0.15) is 37.8 Å². The molecule has 2 rings (SSSR count). The lowest BCUT2D eigenvalue weighted by Gasteiger charge is -2.26. The quantitative estimate of drug-likeness (QED) is 0.766. The molecule has 0 bridgehead atoms. The van der Waals surface area contributed by atoms with Gasteiger partial charge in [0.1, 0.15) is 6.04 Å². The minimum absolute atomic E-state index is 0.0244. The molecule has 0 aliphatic carbocycles. The number of hydrogen-bond donors (Lipinski definition) is 1. The van der Waals surface area contributed by atoms with Crippen molar-refractivity contribution in [3.05, 3.63) is 65.7 Å². The highest BCUT2D eigenvalue weighted by molar-refractivity contribution is 7.89. The first-order valence-electron chi connectivity index (χ1n) is 8.12. The SMILES string of the molecule is Cc1ccc([S+]([O-])N[C@H](C#N)CCC(C)(C)c2ccccc2)cc1. The zero-order valence-electron chi connectivity index (χ0n) is 14.5. The van der Waals surface area contributed by atoms with Crippen LogP contribution in [-0.2, 0) is 16.8 Å². The number of benzene rings is 2. The van der Waals surface area contributed by atoms with Crippen LogP contribution < -0.4 is 4.72 Å². The maximum atomic E-state index is 12.4. The second kappa shape index (κ2) is 8.34. The average molecular weight is 340 g/mol. The first-order valence-corrected chi connectivity index (χ1v) is 9.27. The van der Waals surface area contributed by atoms with Crippen molar-refractivity contribution >= 4 is 11.4 Å². The van der Waals surface area contributed by atoms with Gasteiger partial charge >= 0.3 is 0 Å². The van der Waals surface area contributed by atoms with Gasteiger partial charge in [-0.05, 0) is 42.9 Å². The van der Waals surface area contributed by atoms with Gasteiger partial charge in [0.2, 0.25) is 0 Å². The van der Waals surface area contributed by atoms with E-state index in [-0.39, 0.29) is 5.41 Å². The van der Waals surface area contributed by atoms with Crippen LogP contribution in [-0.4, -0.2) is 10.6 Å². The van der Waals surface area contributed by atoms with E-state index in [4.69, 9.17) is 0 Å². The highest BCUT2D eigenvalue weighted by Gasteiger charge is 2.24. The molecule has 0 aliphatic rings. The maximum absolute atomic E-state index is 12.4. The van der Waals surface area contributed by atoms with E-state index < -0.39 is 17.4 Å². The van der Waals surface area contributed by atoms with Crippen molar-refractivity contribution in [2.75, 3.05) is 0 Å². The second-order valence-electron chi connectivity index (χ2n) is 6.67. The number of nitrogens with zero attached hydrogens (tertiary/aromatic N) is 1. The standard InChI is InChI=1S/C20H24N2OS/c1-16-9-11-19(12-10-16)24(23)22-18(15-21)13-14-20(2,3)17-7-5-4-6-8-17/h4-12,18,22H,13-14H2,1-3H3/t18-,24?/m0/s1. The van der Waals surface area contributed by atoms with Crippen molar-refractivity contribution in [1.29, 1.82) is 5.26 Å². The first kappa shape index (κ1) is 18.5. The minimum Gasteiger partial charge on any atom is -0.593 e. The summed E-state index contributed by atoms with van der Waals surface area (Å²) in [6.45, 7) is 6.34. The molecule has 0 saturated carbocycles. The van der Waals surface area contributed by atoms with Crippen molar-refractivity contribution in [2.45, 2.75) is 50.0 Å². The molecule has 0 aliphatic heterocycles. The van der Waals surface area contributed by atoms with Gasteiger partial charge in [-0.1, -0.05) is 61.9 Å². The van der Waals surface area contributed by atoms with E-state index in [2.05, 4.69) is 36.8 Å². The van der Waals surface area contributed by atoms with E-state index in [1.54, 1.807) is 0 Å². The molecule has 1 unspecified atom stereocenters. The lowest BCUT2D eigenvalue weighted by molar-refractivity contribution is 0.440. The molecule has 0 radical (unpaired) electrons. The topological polar surface area (TPSA) is 58.9 Å². The number of nitriles is 1. The van der Waals surface area contributed by atoms with Gasteiger partial charge < -0.3 is 4.55 Å². The second-order valence-corrected chi connectivity index (χ2v) is 7.91. The van der Waals surface area contributed by atoms with Crippen molar-refractivity contribution in [3.8, 4) is 6.07 Å². The molecule has 1 N–H and O–H groups in total. The maximum Gasteiger partial charge on any atom is 0.173 e. The zero-order chi connectivity index (χ0) is 17.6. The predicted octanol–water partition coefficient (Wildman–Crippen LogP) is 4.26. The Morgan fingerprint density at radius 3 is 2.33 bits per heavy atom. The van der Waals surface area contributed by atoms with E-state index in [9.17, 15) is 9.81 Å². The molecule has 0 amide bonds. The summed E-state index contributed by atoms with van der Waals surface area (Å²) in [4.78, 5) is 0.697. The minimum atomic E-state index is -1.37. The summed E-state index contributed by atoms with van der Waals surface area (Å²) in [7, 11) is 0. The Bertz CT molecular complexity index is 677. The van der Waals surface area contributed by atoms with E-state index in [0.717, 1.165) is 12.0 Å². The molecule has 126 valence electrons. The molecule has 0 saturated heterocycles. The van der Waals surface area contributed by atoms with Crippen molar-refractivity contribution in [1.82, 2.24) is 4.72 Å². The Hall–Kier alpha value is -1.80. The van der Waals surface area contributed by atoms with Crippen LogP contribution in [0.25, 0.3) is 0 Å². The van der Waals surface area contributed by atoms with E-state index >= 15 is 0 Å². The number of rotatable bonds is 7. The Morgan fingerprint density at radius 2 is 1.75 bits per heavy atom. The van der Waals surface area contributed by atoms with Gasteiger partial charge in [-0.25, -0.2) is 0 Å². The van der Waals surface area contributed by atoms with Crippen LogP contribution in [0, 0.1) is 18.3 Å². The van der Waals surface area contributed by atoms with Gasteiger partial charge in [-0.15, -0.1) is 4.72 Å². The Kier molecular flexibility index (Phi) is 6.44. The third-order valence-electron chi connectivity index (χ3n) is 4.25. The monoisotopic (exact) mass is 340 g/mol. The Labute approximate surface area is 148 Å². The summed E-state index contributed by atoms with van der Waals surface area (Å²) in [5.74, 6) is 0. The van der Waals surface area contributed by atoms with Crippen LogP contribution in [0.4, 0.5) is 0 Å². The molecule has 0 spiro atoms. The van der Waals surface area contributed by atoms with Gasteiger partial charge in [-0.2, -0.15) is 5.26 Å². The van der Waals surface area contributed by atoms with Crippen LogP contribution in [0.2, 0.25) is 0 Å². The highest BCUT2D eigenvalue weighted by atomic mass is 32.2. The van der Waals surface area contributed by atoms with Gasteiger partial charge in [0.15, 0.2) is 4.90 Å². The molecule has 0 heterocycles. The van der Waals surface area contributed by atoms with Crippen molar-refractivity contribution < 1.29 is 4.55 Å². The van der Waals surface area contributed by atoms with E-state index in [0.29, 0.717) is 11.3 Å². The number of nitrogens with one attached hydrogen (secondary N) is 1.